The van der Waals surface area contributed by atoms with E-state index in [1.165, 1.54) is 12.8 Å². The van der Waals surface area contributed by atoms with Gasteiger partial charge in [0.05, 0.1) is 6.42 Å². The maximum absolute atomic E-state index is 11.7. The van der Waals surface area contributed by atoms with Crippen LogP contribution in [0.1, 0.15) is 39.0 Å². The Labute approximate surface area is 115 Å². The normalized spacial score (nSPS) is 22.8. The number of benzene rings is 1. The number of hydrogen-bond donors (Lipinski definition) is 1. The molecule has 0 aromatic heterocycles. The number of carbonyl (C=O) groups is 1. The van der Waals surface area contributed by atoms with Gasteiger partial charge in [0.1, 0.15) is 6.10 Å². The molecule has 1 aromatic rings. The molecule has 0 radical (unpaired) electrons. The van der Waals surface area contributed by atoms with Crippen LogP contribution in [0.2, 0.25) is 0 Å². The molecule has 0 saturated heterocycles. The monoisotopic (exact) mass is 261 g/mol. The fraction of sp³-hybridized carbons (Fsp3) is 0.562. The Bertz CT molecular complexity index is 391. The van der Waals surface area contributed by atoms with Gasteiger partial charge >= 0.3 is 5.97 Å². The molecule has 2 atom stereocenters. The number of esters is 1. The number of hydrogen-bond acceptors (Lipinski definition) is 3. The van der Waals surface area contributed by atoms with Gasteiger partial charge in [-0.3, -0.25) is 4.79 Å². The quantitative estimate of drug-likeness (QED) is 0.823. The fourth-order valence-corrected chi connectivity index (χ4v) is 2.60. The Hall–Kier alpha value is -1.51. The summed E-state index contributed by atoms with van der Waals surface area (Å²) < 4.78 is 5.52. The summed E-state index contributed by atoms with van der Waals surface area (Å²) in [6.45, 7) is 2.86. The molecule has 3 nitrogen and oxygen atoms in total. The molecule has 1 saturated carbocycles. The molecule has 0 spiro atoms. The largest absolute Gasteiger partial charge is 0.462 e. The van der Waals surface area contributed by atoms with E-state index in [4.69, 9.17) is 4.74 Å². The average Bonchev–Trinajstić information content (AvgIpc) is 2.40. The van der Waals surface area contributed by atoms with E-state index in [1.54, 1.807) is 0 Å². The molecule has 1 aromatic carbocycles. The molecule has 2 unspecified atom stereocenters. The Balaban J connectivity index is 1.64. The Morgan fingerprint density at radius 1 is 1.32 bits per heavy atom. The predicted molar refractivity (Wildman–Crippen MR) is 77.1 cm³/mol. The molecular weight excluding hydrogens is 238 g/mol. The first-order valence-corrected chi connectivity index (χ1v) is 7.22. The highest BCUT2D eigenvalue weighted by Crippen LogP contribution is 2.25. The van der Waals surface area contributed by atoms with Crippen LogP contribution in [-0.2, 0) is 9.53 Å². The topological polar surface area (TPSA) is 38.3 Å². The van der Waals surface area contributed by atoms with Crippen LogP contribution < -0.4 is 5.32 Å². The lowest BCUT2D eigenvalue weighted by molar-refractivity contribution is -0.150. The van der Waals surface area contributed by atoms with Crippen molar-refractivity contribution >= 4 is 11.7 Å². The van der Waals surface area contributed by atoms with Gasteiger partial charge in [0, 0.05) is 12.2 Å². The molecular formula is C16H23NO2. The zero-order valence-corrected chi connectivity index (χ0v) is 11.6. The van der Waals surface area contributed by atoms with Crippen molar-refractivity contribution in [3.8, 4) is 0 Å². The molecule has 104 valence electrons. The van der Waals surface area contributed by atoms with Gasteiger partial charge in [-0.25, -0.2) is 0 Å². The van der Waals surface area contributed by atoms with Crippen LogP contribution in [0.3, 0.4) is 0 Å². The maximum Gasteiger partial charge on any atom is 0.307 e. The van der Waals surface area contributed by atoms with Crippen LogP contribution in [0.15, 0.2) is 30.3 Å². The third-order valence-electron chi connectivity index (χ3n) is 3.62. The second-order valence-corrected chi connectivity index (χ2v) is 5.43. The molecule has 1 aliphatic rings. The molecule has 1 aliphatic carbocycles. The molecule has 1 N–H and O–H groups in total. The van der Waals surface area contributed by atoms with Gasteiger partial charge in [-0.05, 0) is 37.3 Å². The minimum absolute atomic E-state index is 0.0810. The predicted octanol–water partition coefficient (Wildman–Crippen LogP) is 3.61. The first kappa shape index (κ1) is 13.9. The smallest absolute Gasteiger partial charge is 0.307 e. The van der Waals surface area contributed by atoms with E-state index < -0.39 is 0 Å². The fourth-order valence-electron chi connectivity index (χ4n) is 2.60. The molecule has 0 heterocycles. The number of carbonyl (C=O) groups excluding carboxylic acids is 1. The van der Waals surface area contributed by atoms with Gasteiger partial charge in [-0.1, -0.05) is 31.5 Å². The van der Waals surface area contributed by atoms with Crippen molar-refractivity contribution in [3.63, 3.8) is 0 Å². The van der Waals surface area contributed by atoms with E-state index in [9.17, 15) is 4.79 Å². The van der Waals surface area contributed by atoms with Crippen LogP contribution in [-0.4, -0.2) is 18.6 Å². The summed E-state index contributed by atoms with van der Waals surface area (Å²) in [5, 5.41) is 3.22. The zero-order valence-electron chi connectivity index (χ0n) is 11.6. The van der Waals surface area contributed by atoms with Crippen molar-refractivity contribution in [2.75, 3.05) is 11.9 Å². The highest BCUT2D eigenvalue weighted by Gasteiger charge is 2.21. The summed E-state index contributed by atoms with van der Waals surface area (Å²) in [6, 6.07) is 9.92. The molecule has 1 fully saturated rings. The van der Waals surface area contributed by atoms with Gasteiger partial charge in [-0.15, -0.1) is 0 Å². The van der Waals surface area contributed by atoms with E-state index >= 15 is 0 Å². The maximum atomic E-state index is 11.7. The van der Waals surface area contributed by atoms with Crippen LogP contribution in [0.25, 0.3) is 0 Å². The number of para-hydroxylation sites is 1. The van der Waals surface area contributed by atoms with Crippen LogP contribution in [0.4, 0.5) is 5.69 Å². The van der Waals surface area contributed by atoms with Crippen molar-refractivity contribution in [1.82, 2.24) is 0 Å². The number of rotatable bonds is 5. The van der Waals surface area contributed by atoms with Crippen molar-refractivity contribution in [3.05, 3.63) is 30.3 Å². The molecule has 0 bridgehead atoms. The van der Waals surface area contributed by atoms with Crippen molar-refractivity contribution in [2.24, 2.45) is 5.92 Å². The third kappa shape index (κ3) is 4.93. The standard InChI is InChI=1S/C16H23NO2/c1-13-6-5-9-15(12-13)19-16(18)10-11-17-14-7-3-2-4-8-14/h2-4,7-8,13,15,17H,5-6,9-12H2,1H3. The van der Waals surface area contributed by atoms with Gasteiger partial charge < -0.3 is 10.1 Å². The number of nitrogens with one attached hydrogen (secondary N) is 1. The molecule has 0 aliphatic heterocycles. The van der Waals surface area contributed by atoms with Gasteiger partial charge in [-0.2, -0.15) is 0 Å². The lowest BCUT2D eigenvalue weighted by atomic mass is 9.89. The van der Waals surface area contributed by atoms with E-state index in [0.29, 0.717) is 18.9 Å². The third-order valence-corrected chi connectivity index (χ3v) is 3.62. The average molecular weight is 261 g/mol. The zero-order chi connectivity index (χ0) is 13.5. The second-order valence-electron chi connectivity index (χ2n) is 5.43. The lowest BCUT2D eigenvalue weighted by Gasteiger charge is -2.26. The molecule has 2 rings (SSSR count). The summed E-state index contributed by atoms with van der Waals surface area (Å²) in [6.07, 6.45) is 5.08. The van der Waals surface area contributed by atoms with Crippen LogP contribution in [0, 0.1) is 5.92 Å². The van der Waals surface area contributed by atoms with Gasteiger partial charge in [0.2, 0.25) is 0 Å². The SMILES string of the molecule is CC1CCCC(OC(=O)CCNc2ccccc2)C1. The van der Waals surface area contributed by atoms with Crippen molar-refractivity contribution < 1.29 is 9.53 Å². The van der Waals surface area contributed by atoms with Gasteiger partial charge in [0.15, 0.2) is 0 Å². The highest BCUT2D eigenvalue weighted by molar-refractivity contribution is 5.70. The summed E-state index contributed by atoms with van der Waals surface area (Å²) in [5.74, 6) is 0.608. The summed E-state index contributed by atoms with van der Waals surface area (Å²) in [5.41, 5.74) is 1.04. The van der Waals surface area contributed by atoms with Gasteiger partial charge in [0.25, 0.3) is 0 Å². The van der Waals surface area contributed by atoms with Crippen LogP contribution >= 0.6 is 0 Å². The minimum atomic E-state index is -0.0810. The van der Waals surface area contributed by atoms with E-state index in [-0.39, 0.29) is 12.1 Å². The second kappa shape index (κ2) is 7.17. The first-order valence-electron chi connectivity index (χ1n) is 7.22. The Morgan fingerprint density at radius 2 is 2.11 bits per heavy atom. The number of anilines is 1. The van der Waals surface area contributed by atoms with E-state index in [0.717, 1.165) is 18.5 Å². The highest BCUT2D eigenvalue weighted by atomic mass is 16.5. The van der Waals surface area contributed by atoms with Crippen molar-refractivity contribution in [1.29, 1.82) is 0 Å². The molecule has 19 heavy (non-hydrogen) atoms. The summed E-state index contributed by atoms with van der Waals surface area (Å²) in [7, 11) is 0. The lowest BCUT2D eigenvalue weighted by Crippen LogP contribution is -2.25. The first-order chi connectivity index (χ1) is 9.24. The summed E-state index contributed by atoms with van der Waals surface area (Å²) >= 11 is 0. The Morgan fingerprint density at radius 3 is 2.84 bits per heavy atom. The molecule has 3 heteroatoms. The van der Waals surface area contributed by atoms with E-state index in [1.807, 2.05) is 30.3 Å². The number of ether oxygens (including phenoxy) is 1. The molecule has 0 amide bonds. The minimum Gasteiger partial charge on any atom is -0.462 e. The van der Waals surface area contributed by atoms with Crippen LogP contribution in [0.5, 0.6) is 0 Å². The Kier molecular flexibility index (Phi) is 5.25. The summed E-state index contributed by atoms with van der Waals surface area (Å²) in [4.78, 5) is 11.7. The van der Waals surface area contributed by atoms with E-state index in [2.05, 4.69) is 12.2 Å². The van der Waals surface area contributed by atoms with Crippen molar-refractivity contribution in [2.45, 2.75) is 45.1 Å².